The van der Waals surface area contributed by atoms with Gasteiger partial charge in [-0.1, -0.05) is 11.8 Å². The number of halogens is 1. The third-order valence-electron chi connectivity index (χ3n) is 2.41. The van der Waals surface area contributed by atoms with Gasteiger partial charge in [0.2, 0.25) is 0 Å². The quantitative estimate of drug-likeness (QED) is 0.524. The van der Waals surface area contributed by atoms with Crippen molar-refractivity contribution in [2.75, 3.05) is 13.7 Å². The molecular formula is C15H17FN2O5. The van der Waals surface area contributed by atoms with Gasteiger partial charge in [-0.15, -0.1) is 0 Å². The second-order valence-electron chi connectivity index (χ2n) is 5.42. The zero-order valence-electron chi connectivity index (χ0n) is 13.2. The number of amides is 1. The summed E-state index contributed by atoms with van der Waals surface area (Å²) in [5, 5.41) is 13.3. The van der Waals surface area contributed by atoms with Crippen molar-refractivity contribution < 1.29 is 23.6 Å². The second kappa shape index (κ2) is 7.45. The number of nitro groups is 1. The van der Waals surface area contributed by atoms with E-state index in [-0.39, 0.29) is 17.9 Å². The van der Waals surface area contributed by atoms with Crippen LogP contribution in [0.4, 0.5) is 14.9 Å². The Labute approximate surface area is 132 Å². The summed E-state index contributed by atoms with van der Waals surface area (Å²) in [7, 11) is 1.21. The number of nitrogens with one attached hydrogen (secondary N) is 1. The number of ether oxygens (including phenoxy) is 2. The Bertz CT molecular complexity index is 671. The predicted molar refractivity (Wildman–Crippen MR) is 80.7 cm³/mol. The second-order valence-corrected chi connectivity index (χ2v) is 5.42. The lowest BCUT2D eigenvalue weighted by Crippen LogP contribution is -2.32. The number of nitrogens with zero attached hydrogens (tertiary/aromatic N) is 1. The van der Waals surface area contributed by atoms with Gasteiger partial charge in [0.1, 0.15) is 11.4 Å². The first-order valence-electron chi connectivity index (χ1n) is 6.61. The van der Waals surface area contributed by atoms with Crippen molar-refractivity contribution in [3.05, 3.63) is 33.6 Å². The fourth-order valence-corrected chi connectivity index (χ4v) is 1.52. The fourth-order valence-electron chi connectivity index (χ4n) is 1.52. The first-order valence-corrected chi connectivity index (χ1v) is 6.61. The summed E-state index contributed by atoms with van der Waals surface area (Å²) in [6.07, 6.45) is -0.659. The SMILES string of the molecule is COc1cc(F)c(C#CCNC(=O)OC(C)(C)C)cc1[N+](=O)[O-]. The number of carbonyl (C=O) groups excluding carboxylic acids is 1. The summed E-state index contributed by atoms with van der Waals surface area (Å²) in [6.45, 7) is 5.05. The molecular weight excluding hydrogens is 307 g/mol. The van der Waals surface area contributed by atoms with Crippen molar-refractivity contribution in [2.45, 2.75) is 26.4 Å². The number of benzene rings is 1. The molecule has 1 aromatic carbocycles. The van der Waals surface area contributed by atoms with E-state index in [4.69, 9.17) is 9.47 Å². The van der Waals surface area contributed by atoms with Crippen molar-refractivity contribution in [2.24, 2.45) is 0 Å². The monoisotopic (exact) mass is 324 g/mol. The van der Waals surface area contributed by atoms with Gasteiger partial charge in [-0.3, -0.25) is 10.1 Å². The number of hydrogen-bond acceptors (Lipinski definition) is 5. The maximum atomic E-state index is 13.8. The van der Waals surface area contributed by atoms with Gasteiger partial charge in [-0.25, -0.2) is 9.18 Å². The number of carbonyl (C=O) groups is 1. The highest BCUT2D eigenvalue weighted by Crippen LogP contribution is 2.29. The van der Waals surface area contributed by atoms with Gasteiger partial charge in [0.05, 0.1) is 24.1 Å². The number of rotatable bonds is 3. The molecule has 0 bridgehead atoms. The molecule has 7 nitrogen and oxygen atoms in total. The van der Waals surface area contributed by atoms with Crippen LogP contribution in [0.15, 0.2) is 12.1 Å². The molecule has 0 aliphatic rings. The van der Waals surface area contributed by atoms with Crippen molar-refractivity contribution in [3.8, 4) is 17.6 Å². The summed E-state index contributed by atoms with van der Waals surface area (Å²) in [4.78, 5) is 21.6. The largest absolute Gasteiger partial charge is 0.490 e. The molecule has 1 amide bonds. The van der Waals surface area contributed by atoms with Crippen LogP contribution in [0, 0.1) is 27.8 Å². The fraction of sp³-hybridized carbons (Fsp3) is 0.400. The molecule has 23 heavy (non-hydrogen) atoms. The molecule has 124 valence electrons. The molecule has 0 aliphatic carbocycles. The Morgan fingerprint density at radius 2 is 2.09 bits per heavy atom. The lowest BCUT2D eigenvalue weighted by molar-refractivity contribution is -0.385. The molecule has 0 aliphatic heterocycles. The molecule has 8 heteroatoms. The van der Waals surface area contributed by atoms with E-state index in [1.807, 2.05) is 0 Å². The van der Waals surface area contributed by atoms with Gasteiger partial charge >= 0.3 is 11.8 Å². The molecule has 1 N–H and O–H groups in total. The summed E-state index contributed by atoms with van der Waals surface area (Å²) in [6, 6.07) is 1.87. The topological polar surface area (TPSA) is 90.7 Å². The molecule has 0 spiro atoms. The number of alkyl carbamates (subject to hydrolysis) is 1. The smallest absolute Gasteiger partial charge is 0.408 e. The summed E-state index contributed by atoms with van der Waals surface area (Å²) in [5.41, 5.74) is -1.19. The van der Waals surface area contributed by atoms with Crippen LogP contribution in [-0.2, 0) is 4.74 Å². The maximum Gasteiger partial charge on any atom is 0.408 e. The van der Waals surface area contributed by atoms with Gasteiger partial charge in [-0.2, -0.15) is 0 Å². The standard InChI is InChI=1S/C15H17FN2O5/c1-15(2,3)23-14(19)17-7-5-6-10-8-12(18(20)21)13(22-4)9-11(10)16/h8-9H,7H2,1-4H3,(H,17,19). The van der Waals surface area contributed by atoms with Gasteiger partial charge in [0.25, 0.3) is 0 Å². The van der Waals surface area contributed by atoms with Crippen LogP contribution < -0.4 is 10.1 Å². The third-order valence-corrected chi connectivity index (χ3v) is 2.41. The van der Waals surface area contributed by atoms with E-state index in [1.165, 1.54) is 7.11 Å². The zero-order valence-corrected chi connectivity index (χ0v) is 13.2. The highest BCUT2D eigenvalue weighted by atomic mass is 19.1. The van der Waals surface area contributed by atoms with Gasteiger partial charge < -0.3 is 14.8 Å². The average Bonchev–Trinajstić information content (AvgIpc) is 2.42. The Morgan fingerprint density at radius 3 is 2.61 bits per heavy atom. The van der Waals surface area contributed by atoms with Crippen LogP contribution in [0.3, 0.4) is 0 Å². The first kappa shape index (κ1) is 18.2. The highest BCUT2D eigenvalue weighted by Gasteiger charge is 2.18. The van der Waals surface area contributed by atoms with E-state index < -0.39 is 28.1 Å². The Balaban J connectivity index is 2.81. The van der Waals surface area contributed by atoms with E-state index in [0.29, 0.717) is 0 Å². The van der Waals surface area contributed by atoms with Gasteiger partial charge in [0.15, 0.2) is 5.75 Å². The van der Waals surface area contributed by atoms with E-state index in [1.54, 1.807) is 20.8 Å². The first-order chi connectivity index (χ1) is 10.6. The lowest BCUT2D eigenvalue weighted by atomic mass is 10.1. The van der Waals surface area contributed by atoms with E-state index in [9.17, 15) is 19.3 Å². The van der Waals surface area contributed by atoms with Crippen LogP contribution in [0.5, 0.6) is 5.75 Å². The van der Waals surface area contributed by atoms with Crippen molar-refractivity contribution >= 4 is 11.8 Å². The maximum absolute atomic E-state index is 13.8. The number of hydrogen-bond donors (Lipinski definition) is 1. The Hall–Kier alpha value is -2.82. The Morgan fingerprint density at radius 1 is 1.43 bits per heavy atom. The molecule has 1 rings (SSSR count). The van der Waals surface area contributed by atoms with E-state index in [2.05, 4.69) is 17.2 Å². The minimum Gasteiger partial charge on any atom is -0.490 e. The molecule has 0 radical (unpaired) electrons. The predicted octanol–water partition coefficient (Wildman–Crippen LogP) is 2.62. The molecule has 0 aromatic heterocycles. The number of methoxy groups -OCH3 is 1. The van der Waals surface area contributed by atoms with Crippen LogP contribution in [-0.4, -0.2) is 30.3 Å². The molecule has 0 heterocycles. The minimum atomic E-state index is -0.753. The third kappa shape index (κ3) is 5.82. The van der Waals surface area contributed by atoms with Crippen LogP contribution in [0.25, 0.3) is 0 Å². The molecule has 0 saturated carbocycles. The zero-order chi connectivity index (χ0) is 17.6. The summed E-state index contributed by atoms with van der Waals surface area (Å²) < 4.78 is 23.5. The summed E-state index contributed by atoms with van der Waals surface area (Å²) >= 11 is 0. The van der Waals surface area contributed by atoms with Crippen LogP contribution in [0.1, 0.15) is 26.3 Å². The van der Waals surface area contributed by atoms with Gasteiger partial charge in [-0.05, 0) is 20.8 Å². The van der Waals surface area contributed by atoms with E-state index >= 15 is 0 Å². The van der Waals surface area contributed by atoms with Crippen molar-refractivity contribution in [1.82, 2.24) is 5.32 Å². The summed E-state index contributed by atoms with van der Waals surface area (Å²) in [5.74, 6) is 3.98. The minimum absolute atomic E-state index is 0.0891. The number of nitro benzene ring substituents is 1. The molecule has 0 saturated heterocycles. The molecule has 0 fully saturated rings. The average molecular weight is 324 g/mol. The lowest BCUT2D eigenvalue weighted by Gasteiger charge is -2.18. The van der Waals surface area contributed by atoms with Crippen molar-refractivity contribution in [3.63, 3.8) is 0 Å². The highest BCUT2D eigenvalue weighted by molar-refractivity contribution is 5.68. The van der Waals surface area contributed by atoms with Crippen molar-refractivity contribution in [1.29, 1.82) is 0 Å². The van der Waals surface area contributed by atoms with Gasteiger partial charge in [0, 0.05) is 12.1 Å². The molecule has 1 aromatic rings. The van der Waals surface area contributed by atoms with Crippen LogP contribution >= 0.6 is 0 Å². The molecule has 0 unspecified atom stereocenters. The molecule has 0 atom stereocenters. The normalized spacial score (nSPS) is 10.3. The van der Waals surface area contributed by atoms with Crippen LogP contribution in [0.2, 0.25) is 0 Å². The van der Waals surface area contributed by atoms with E-state index in [0.717, 1.165) is 12.1 Å². The Kier molecular flexibility index (Phi) is 5.90.